The fraction of sp³-hybridized carbons (Fsp3) is 0.0741. The highest BCUT2D eigenvalue weighted by Crippen LogP contribution is 2.62. The van der Waals surface area contributed by atoms with Crippen LogP contribution in [0.15, 0.2) is 228 Å². The lowest BCUT2D eigenvalue weighted by Crippen LogP contribution is -2.36. The van der Waals surface area contributed by atoms with E-state index in [-0.39, 0.29) is 11.8 Å². The number of hydrogen-bond donors (Lipinski definition) is 1. The monoisotopic (exact) mass is 729 g/mol. The molecule has 0 saturated carbocycles. The van der Waals surface area contributed by atoms with Crippen molar-refractivity contribution in [3.63, 3.8) is 0 Å². The molecule has 57 heavy (non-hydrogen) atoms. The number of amidine groups is 2. The third-order valence-electron chi connectivity index (χ3n) is 12.1. The zero-order valence-electron chi connectivity index (χ0n) is 31.3. The van der Waals surface area contributed by atoms with Crippen LogP contribution in [0.4, 0.5) is 0 Å². The van der Waals surface area contributed by atoms with Gasteiger partial charge in [-0.05, 0) is 73.0 Å². The van der Waals surface area contributed by atoms with Crippen LogP contribution in [0.3, 0.4) is 0 Å². The van der Waals surface area contributed by atoms with E-state index in [1.54, 1.807) is 0 Å². The van der Waals surface area contributed by atoms with Crippen LogP contribution in [0.1, 0.15) is 50.7 Å². The van der Waals surface area contributed by atoms with Crippen LogP contribution in [0.5, 0.6) is 0 Å². The van der Waals surface area contributed by atoms with Gasteiger partial charge in [-0.15, -0.1) is 0 Å². The van der Waals surface area contributed by atoms with Crippen molar-refractivity contribution >= 4 is 33.6 Å². The van der Waals surface area contributed by atoms with Gasteiger partial charge in [-0.1, -0.05) is 200 Å². The van der Waals surface area contributed by atoms with E-state index in [9.17, 15) is 0 Å². The number of rotatable bonds is 6. The van der Waals surface area contributed by atoms with Gasteiger partial charge in [0.15, 0.2) is 6.17 Å². The van der Waals surface area contributed by atoms with E-state index in [4.69, 9.17) is 9.98 Å². The lowest BCUT2D eigenvalue weighted by Gasteiger charge is -2.39. The van der Waals surface area contributed by atoms with E-state index in [0.717, 1.165) is 28.4 Å². The second-order valence-corrected chi connectivity index (χ2v) is 15.3. The summed E-state index contributed by atoms with van der Waals surface area (Å²) in [4.78, 5) is 10.6. The molecule has 0 radical (unpaired) electrons. The van der Waals surface area contributed by atoms with Gasteiger partial charge in [-0.25, -0.2) is 9.98 Å². The second kappa shape index (κ2) is 13.6. The van der Waals surface area contributed by atoms with Crippen molar-refractivity contribution in [2.75, 3.05) is 0 Å². The maximum atomic E-state index is 5.41. The molecule has 4 aliphatic rings. The minimum absolute atomic E-state index is 0.223. The minimum Gasteiger partial charge on any atom is -0.324 e. The lowest BCUT2D eigenvalue weighted by molar-refractivity contribution is 0.656. The molecule has 7 aromatic carbocycles. The summed E-state index contributed by atoms with van der Waals surface area (Å²) in [5.41, 5.74) is 12.9. The number of hydrogen-bond acceptors (Lipinski definition) is 3. The number of fused-ring (bicyclic) bond motifs is 5. The molecule has 7 aromatic rings. The first kappa shape index (κ1) is 33.3. The molecule has 3 heteroatoms. The Balaban J connectivity index is 1.18. The summed E-state index contributed by atoms with van der Waals surface area (Å²) in [6.07, 6.45) is 11.4. The Morgan fingerprint density at radius 3 is 1.79 bits per heavy atom. The molecular weight excluding hydrogens is 691 g/mol. The summed E-state index contributed by atoms with van der Waals surface area (Å²) in [6, 6.07) is 65.7. The molecule has 0 saturated heterocycles. The number of nitrogens with one attached hydrogen (secondary N) is 1. The van der Waals surface area contributed by atoms with Gasteiger partial charge in [0.05, 0.1) is 5.41 Å². The van der Waals surface area contributed by atoms with E-state index < -0.39 is 11.6 Å². The lowest BCUT2D eigenvalue weighted by atomic mass is 9.63. The largest absolute Gasteiger partial charge is 0.324 e. The second-order valence-electron chi connectivity index (χ2n) is 15.3. The molecule has 0 fully saturated rings. The van der Waals surface area contributed by atoms with Gasteiger partial charge < -0.3 is 5.32 Å². The Morgan fingerprint density at radius 2 is 1.09 bits per heavy atom. The Kier molecular flexibility index (Phi) is 7.92. The summed E-state index contributed by atoms with van der Waals surface area (Å²) >= 11 is 0. The van der Waals surface area contributed by atoms with E-state index in [2.05, 4.69) is 212 Å². The highest BCUT2D eigenvalue weighted by molar-refractivity contribution is 6.17. The van der Waals surface area contributed by atoms with Gasteiger partial charge in [-0.2, -0.15) is 0 Å². The molecule has 3 unspecified atom stereocenters. The van der Waals surface area contributed by atoms with Crippen LogP contribution >= 0.6 is 0 Å². The molecule has 1 heterocycles. The van der Waals surface area contributed by atoms with Crippen LogP contribution in [-0.2, 0) is 5.41 Å². The van der Waals surface area contributed by atoms with Crippen molar-refractivity contribution in [3.05, 3.63) is 262 Å². The third-order valence-corrected chi connectivity index (χ3v) is 12.1. The summed E-state index contributed by atoms with van der Waals surface area (Å²) in [5.74, 6) is 2.06. The van der Waals surface area contributed by atoms with Crippen LogP contribution in [-0.4, -0.2) is 11.7 Å². The number of allylic oxidation sites excluding steroid dienone is 8. The molecular formula is C54H39N3. The third kappa shape index (κ3) is 5.42. The Bertz CT molecular complexity index is 2820. The van der Waals surface area contributed by atoms with Gasteiger partial charge in [-0.3, -0.25) is 0 Å². The fourth-order valence-corrected chi connectivity index (χ4v) is 9.60. The van der Waals surface area contributed by atoms with Crippen molar-refractivity contribution < 1.29 is 0 Å². The average Bonchev–Trinajstić information content (AvgIpc) is 3.58. The van der Waals surface area contributed by atoms with Crippen LogP contribution in [0.25, 0.3) is 21.9 Å². The smallest absolute Gasteiger partial charge is 0.169 e. The van der Waals surface area contributed by atoms with Crippen LogP contribution in [0.2, 0.25) is 0 Å². The van der Waals surface area contributed by atoms with E-state index in [1.165, 1.54) is 55.3 Å². The Labute approximate surface area is 333 Å². The molecule has 3 nitrogen and oxygen atoms in total. The van der Waals surface area contributed by atoms with E-state index in [0.29, 0.717) is 0 Å². The number of nitrogens with zero attached hydrogens (tertiary/aromatic N) is 2. The highest BCUT2D eigenvalue weighted by atomic mass is 15.2. The van der Waals surface area contributed by atoms with E-state index in [1.807, 2.05) is 6.07 Å². The molecule has 3 atom stereocenters. The number of aliphatic imine (C=N–C) groups is 2. The quantitative estimate of drug-likeness (QED) is 0.182. The first-order chi connectivity index (χ1) is 28.3. The predicted molar refractivity (Wildman–Crippen MR) is 235 cm³/mol. The predicted octanol–water partition coefficient (Wildman–Crippen LogP) is 11.9. The van der Waals surface area contributed by atoms with Crippen molar-refractivity contribution in [2.24, 2.45) is 21.8 Å². The summed E-state index contributed by atoms with van der Waals surface area (Å²) in [5, 5.41) is 6.10. The SMILES string of the molecule is C1=CC2C=C3C(=C(c4ccccc4)C2C=C1)c1ccc(C2=NC(c4ccc5ccccc5c4)N=C(c4ccccc4)N2)cc1C3(c1ccccc1)c1ccccc1. The minimum atomic E-state index is -0.577. The van der Waals surface area contributed by atoms with Gasteiger partial charge in [0.25, 0.3) is 0 Å². The molecule has 1 N–H and O–H groups in total. The van der Waals surface area contributed by atoms with Crippen molar-refractivity contribution in [3.8, 4) is 0 Å². The molecule has 0 amide bonds. The van der Waals surface area contributed by atoms with Crippen molar-refractivity contribution in [1.29, 1.82) is 0 Å². The fourth-order valence-electron chi connectivity index (χ4n) is 9.60. The summed E-state index contributed by atoms with van der Waals surface area (Å²) in [7, 11) is 0. The van der Waals surface area contributed by atoms with Crippen LogP contribution < -0.4 is 5.32 Å². The average molecular weight is 730 g/mol. The highest BCUT2D eigenvalue weighted by Gasteiger charge is 2.51. The van der Waals surface area contributed by atoms with Gasteiger partial charge in [0.1, 0.15) is 11.7 Å². The molecule has 270 valence electrons. The zero-order valence-corrected chi connectivity index (χ0v) is 31.3. The van der Waals surface area contributed by atoms with Gasteiger partial charge in [0.2, 0.25) is 0 Å². The topological polar surface area (TPSA) is 36.8 Å². The maximum Gasteiger partial charge on any atom is 0.169 e. The van der Waals surface area contributed by atoms with E-state index >= 15 is 0 Å². The zero-order chi connectivity index (χ0) is 37.8. The summed E-state index contributed by atoms with van der Waals surface area (Å²) < 4.78 is 0. The first-order valence-electron chi connectivity index (χ1n) is 19.9. The first-order valence-corrected chi connectivity index (χ1v) is 19.9. The number of benzene rings is 7. The Hall–Kier alpha value is -7.10. The van der Waals surface area contributed by atoms with Crippen molar-refractivity contribution in [2.45, 2.75) is 11.6 Å². The molecule has 0 spiro atoms. The van der Waals surface area contributed by atoms with Gasteiger partial charge in [0, 0.05) is 23.0 Å². The maximum absolute atomic E-state index is 5.41. The standard InChI is InChI=1S/C54H39N3/c1-5-18-37(19-6-1)49-45-28-16-15-23-40(45)34-48-50(49)46-32-31-42(35-47(46)54(48,43-24-9-3-10-25-43)44-26-11-4-12-27-44)53-56-51(38-20-7-2-8-21-38)55-52(57-53)41-30-29-36-17-13-14-22-39(36)33-41/h1-35,40,45,52H,(H,55,56,57). The molecule has 0 aromatic heterocycles. The normalized spacial score (nSPS) is 20.1. The van der Waals surface area contributed by atoms with Crippen LogP contribution in [0, 0.1) is 11.8 Å². The molecule has 3 aliphatic carbocycles. The molecule has 1 aliphatic heterocycles. The van der Waals surface area contributed by atoms with Crippen molar-refractivity contribution in [1.82, 2.24) is 5.32 Å². The Morgan fingerprint density at radius 1 is 0.491 bits per heavy atom. The molecule has 11 rings (SSSR count). The molecule has 0 bridgehead atoms. The summed E-state index contributed by atoms with van der Waals surface area (Å²) in [6.45, 7) is 0. The van der Waals surface area contributed by atoms with Gasteiger partial charge >= 0.3 is 0 Å².